The van der Waals surface area contributed by atoms with Gasteiger partial charge in [0.15, 0.2) is 5.96 Å². The van der Waals surface area contributed by atoms with E-state index in [4.69, 9.17) is 5.73 Å². The van der Waals surface area contributed by atoms with E-state index in [0.717, 1.165) is 19.0 Å². The Morgan fingerprint density at radius 2 is 2.53 bits per heavy atom. The smallest absolute Gasteiger partial charge is 0.192 e. The molecule has 0 aromatic carbocycles. The second-order valence-electron chi connectivity index (χ2n) is 4.82. The minimum atomic E-state index is 0.235. The summed E-state index contributed by atoms with van der Waals surface area (Å²) in [6.07, 6.45) is 7.02. The minimum Gasteiger partial charge on any atom is -0.370 e. The molecule has 1 fully saturated rings. The van der Waals surface area contributed by atoms with Gasteiger partial charge < -0.3 is 10.6 Å². The normalized spacial score (nSPS) is 34.9. The maximum absolute atomic E-state index is 5.93. The predicted octanol–water partition coefficient (Wildman–Crippen LogP) is 1.75. The van der Waals surface area contributed by atoms with Crippen molar-refractivity contribution in [3.05, 3.63) is 12.7 Å². The van der Waals surface area contributed by atoms with Gasteiger partial charge in [-0.2, -0.15) is 0 Å². The summed E-state index contributed by atoms with van der Waals surface area (Å²) in [5.74, 6) is 1.57. The van der Waals surface area contributed by atoms with E-state index in [1.165, 1.54) is 25.7 Å². The van der Waals surface area contributed by atoms with Crippen LogP contribution >= 0.6 is 0 Å². The van der Waals surface area contributed by atoms with Crippen LogP contribution in [-0.4, -0.2) is 29.5 Å². The summed E-state index contributed by atoms with van der Waals surface area (Å²) in [6.45, 7) is 7.81. The van der Waals surface area contributed by atoms with Gasteiger partial charge in [0.2, 0.25) is 0 Å². The Morgan fingerprint density at radius 3 is 3.13 bits per heavy atom. The standard InChI is InChI=1S/C12H21N3/c1-3-7-15-11(13)14-9-12(15)6-5-10(4-2)8-12/h3,10H,1,4-9H2,2H3,(H2,13,14). The molecule has 15 heavy (non-hydrogen) atoms. The summed E-state index contributed by atoms with van der Waals surface area (Å²) >= 11 is 0. The third kappa shape index (κ3) is 1.64. The molecule has 1 spiro atoms. The molecule has 3 heteroatoms. The Bertz CT molecular complexity index is 285. The highest BCUT2D eigenvalue weighted by Crippen LogP contribution is 2.42. The van der Waals surface area contributed by atoms with Crippen LogP contribution in [0.2, 0.25) is 0 Å². The molecule has 0 radical (unpaired) electrons. The van der Waals surface area contributed by atoms with E-state index in [1.807, 2.05) is 6.08 Å². The maximum Gasteiger partial charge on any atom is 0.192 e. The topological polar surface area (TPSA) is 41.6 Å². The van der Waals surface area contributed by atoms with E-state index in [2.05, 4.69) is 23.4 Å². The van der Waals surface area contributed by atoms with Gasteiger partial charge in [0.1, 0.15) is 0 Å². The van der Waals surface area contributed by atoms with Crippen molar-refractivity contribution in [2.24, 2.45) is 16.6 Å². The highest BCUT2D eigenvalue weighted by Gasteiger charge is 2.46. The van der Waals surface area contributed by atoms with E-state index in [9.17, 15) is 0 Å². The molecule has 1 saturated carbocycles. The number of nitrogens with zero attached hydrogens (tertiary/aromatic N) is 2. The average Bonchev–Trinajstić information content (AvgIpc) is 2.78. The van der Waals surface area contributed by atoms with Crippen molar-refractivity contribution in [3.8, 4) is 0 Å². The lowest BCUT2D eigenvalue weighted by Gasteiger charge is -2.35. The fraction of sp³-hybridized carbons (Fsp3) is 0.750. The molecule has 2 aliphatic rings. The lowest BCUT2D eigenvalue weighted by Crippen LogP contribution is -2.50. The van der Waals surface area contributed by atoms with Crippen LogP contribution in [0.3, 0.4) is 0 Å². The Labute approximate surface area is 92.0 Å². The summed E-state index contributed by atoms with van der Waals surface area (Å²) in [5.41, 5.74) is 6.17. The van der Waals surface area contributed by atoms with Crippen LogP contribution in [-0.2, 0) is 0 Å². The lowest BCUT2D eigenvalue weighted by molar-refractivity contribution is 0.215. The maximum atomic E-state index is 5.93. The third-order valence-electron chi connectivity index (χ3n) is 3.96. The largest absolute Gasteiger partial charge is 0.370 e. The van der Waals surface area contributed by atoms with Crippen molar-refractivity contribution < 1.29 is 0 Å². The number of hydrogen-bond donors (Lipinski definition) is 1. The average molecular weight is 207 g/mol. The van der Waals surface area contributed by atoms with Gasteiger partial charge in [-0.25, -0.2) is 0 Å². The molecule has 2 rings (SSSR count). The third-order valence-corrected chi connectivity index (χ3v) is 3.96. The highest BCUT2D eigenvalue weighted by molar-refractivity contribution is 5.81. The van der Waals surface area contributed by atoms with Gasteiger partial charge in [0.05, 0.1) is 12.1 Å². The van der Waals surface area contributed by atoms with Gasteiger partial charge in [0.25, 0.3) is 0 Å². The summed E-state index contributed by atoms with van der Waals surface area (Å²) in [6, 6.07) is 0. The number of hydrogen-bond acceptors (Lipinski definition) is 3. The first kappa shape index (κ1) is 10.5. The molecule has 3 nitrogen and oxygen atoms in total. The second-order valence-corrected chi connectivity index (χ2v) is 4.82. The second kappa shape index (κ2) is 3.87. The molecule has 0 saturated heterocycles. The fourth-order valence-corrected chi connectivity index (χ4v) is 3.01. The Morgan fingerprint density at radius 1 is 1.73 bits per heavy atom. The zero-order valence-electron chi connectivity index (χ0n) is 9.58. The molecule has 1 heterocycles. The number of aliphatic imine (C=N–C) groups is 1. The van der Waals surface area contributed by atoms with Crippen LogP contribution in [0.15, 0.2) is 17.6 Å². The Hall–Kier alpha value is -0.990. The van der Waals surface area contributed by atoms with Crippen molar-refractivity contribution in [2.75, 3.05) is 13.1 Å². The number of rotatable bonds is 3. The Kier molecular flexibility index (Phi) is 2.72. The molecule has 2 N–H and O–H groups in total. The van der Waals surface area contributed by atoms with E-state index in [1.54, 1.807) is 0 Å². The monoisotopic (exact) mass is 207 g/mol. The highest BCUT2D eigenvalue weighted by atomic mass is 15.4. The van der Waals surface area contributed by atoms with Crippen molar-refractivity contribution in [3.63, 3.8) is 0 Å². The van der Waals surface area contributed by atoms with Gasteiger partial charge in [-0.3, -0.25) is 4.99 Å². The quantitative estimate of drug-likeness (QED) is 0.716. The zero-order valence-corrected chi connectivity index (χ0v) is 9.58. The van der Waals surface area contributed by atoms with E-state index >= 15 is 0 Å². The predicted molar refractivity (Wildman–Crippen MR) is 63.8 cm³/mol. The van der Waals surface area contributed by atoms with Crippen LogP contribution in [0, 0.1) is 5.92 Å². The first-order valence-electron chi connectivity index (χ1n) is 5.90. The minimum absolute atomic E-state index is 0.235. The molecule has 0 aromatic rings. The molecule has 0 amide bonds. The molecular weight excluding hydrogens is 186 g/mol. The SMILES string of the molecule is C=CCN1C(N)=NCC12CCC(CC)C2. The molecular formula is C12H21N3. The summed E-state index contributed by atoms with van der Waals surface area (Å²) in [5, 5.41) is 0. The first-order chi connectivity index (χ1) is 7.22. The summed E-state index contributed by atoms with van der Waals surface area (Å²) in [7, 11) is 0. The van der Waals surface area contributed by atoms with Gasteiger partial charge in [-0.05, 0) is 25.2 Å². The van der Waals surface area contributed by atoms with Gasteiger partial charge in [-0.1, -0.05) is 19.4 Å². The van der Waals surface area contributed by atoms with E-state index < -0.39 is 0 Å². The van der Waals surface area contributed by atoms with E-state index in [0.29, 0.717) is 5.96 Å². The molecule has 2 unspecified atom stereocenters. The van der Waals surface area contributed by atoms with Gasteiger partial charge >= 0.3 is 0 Å². The van der Waals surface area contributed by atoms with Gasteiger partial charge in [0, 0.05) is 6.54 Å². The van der Waals surface area contributed by atoms with Crippen LogP contribution in [0.25, 0.3) is 0 Å². The van der Waals surface area contributed by atoms with Crippen molar-refractivity contribution >= 4 is 5.96 Å². The van der Waals surface area contributed by atoms with Crippen LogP contribution in [0.4, 0.5) is 0 Å². The van der Waals surface area contributed by atoms with Crippen molar-refractivity contribution in [1.82, 2.24) is 4.90 Å². The summed E-state index contributed by atoms with van der Waals surface area (Å²) in [4.78, 5) is 6.67. The fourth-order valence-electron chi connectivity index (χ4n) is 3.01. The van der Waals surface area contributed by atoms with Crippen LogP contribution < -0.4 is 5.73 Å². The molecule has 0 aromatic heterocycles. The van der Waals surface area contributed by atoms with Crippen LogP contribution in [0.5, 0.6) is 0 Å². The molecule has 1 aliphatic heterocycles. The lowest BCUT2D eigenvalue weighted by atomic mass is 9.94. The number of guanidine groups is 1. The zero-order chi connectivity index (χ0) is 10.9. The Balaban J connectivity index is 2.12. The molecule has 84 valence electrons. The van der Waals surface area contributed by atoms with Crippen LogP contribution in [0.1, 0.15) is 32.6 Å². The first-order valence-corrected chi connectivity index (χ1v) is 5.90. The van der Waals surface area contributed by atoms with Gasteiger partial charge in [-0.15, -0.1) is 6.58 Å². The van der Waals surface area contributed by atoms with Crippen molar-refractivity contribution in [2.45, 2.75) is 38.1 Å². The molecule has 0 bridgehead atoms. The number of nitrogens with two attached hydrogens (primary N) is 1. The summed E-state index contributed by atoms with van der Waals surface area (Å²) < 4.78 is 0. The van der Waals surface area contributed by atoms with E-state index in [-0.39, 0.29) is 5.54 Å². The molecule has 1 aliphatic carbocycles. The van der Waals surface area contributed by atoms with Crippen molar-refractivity contribution in [1.29, 1.82) is 0 Å². The molecule has 2 atom stereocenters.